The first-order valence-electron chi connectivity index (χ1n) is 7.32. The number of ether oxygens (including phenoxy) is 2. The van der Waals surface area contributed by atoms with Gasteiger partial charge in [-0.1, -0.05) is 13.0 Å². The molecule has 19 heavy (non-hydrogen) atoms. The van der Waals surface area contributed by atoms with E-state index in [2.05, 4.69) is 29.8 Å². The van der Waals surface area contributed by atoms with Crippen LogP contribution in [-0.4, -0.2) is 31.6 Å². The fourth-order valence-corrected chi connectivity index (χ4v) is 3.85. The molecule has 0 amide bonds. The SMILES string of the molecule is C[C@@H](CNC1CCC2(CC1)OCCO2)c1cccs1. The van der Waals surface area contributed by atoms with Crippen molar-refractivity contribution in [2.24, 2.45) is 0 Å². The zero-order valence-electron chi connectivity index (χ0n) is 11.6. The van der Waals surface area contributed by atoms with Gasteiger partial charge in [-0.15, -0.1) is 11.3 Å². The molecule has 0 radical (unpaired) electrons. The highest BCUT2D eigenvalue weighted by Crippen LogP contribution is 2.35. The molecule has 0 unspecified atom stereocenters. The molecule has 1 aromatic rings. The van der Waals surface area contributed by atoms with E-state index in [0.717, 1.165) is 45.4 Å². The van der Waals surface area contributed by atoms with E-state index < -0.39 is 0 Å². The Morgan fingerprint density at radius 1 is 1.37 bits per heavy atom. The Morgan fingerprint density at radius 2 is 2.11 bits per heavy atom. The van der Waals surface area contributed by atoms with Gasteiger partial charge in [-0.2, -0.15) is 0 Å². The first-order chi connectivity index (χ1) is 9.27. The van der Waals surface area contributed by atoms with Crippen LogP contribution in [0.3, 0.4) is 0 Å². The molecule has 1 aliphatic carbocycles. The van der Waals surface area contributed by atoms with Crippen molar-refractivity contribution in [3.8, 4) is 0 Å². The minimum Gasteiger partial charge on any atom is -0.348 e. The highest BCUT2D eigenvalue weighted by molar-refractivity contribution is 7.10. The second-order valence-corrected chi connectivity index (χ2v) is 6.69. The summed E-state index contributed by atoms with van der Waals surface area (Å²) in [6, 6.07) is 4.99. The lowest BCUT2D eigenvalue weighted by molar-refractivity contribution is -0.179. The molecule has 2 aliphatic rings. The highest BCUT2D eigenvalue weighted by atomic mass is 32.1. The first-order valence-corrected chi connectivity index (χ1v) is 8.20. The maximum absolute atomic E-state index is 5.77. The predicted molar refractivity (Wildman–Crippen MR) is 77.6 cm³/mol. The molecule has 4 heteroatoms. The number of rotatable bonds is 4. The lowest BCUT2D eigenvalue weighted by Gasteiger charge is -2.36. The van der Waals surface area contributed by atoms with Crippen LogP contribution in [0, 0.1) is 0 Å². The minimum atomic E-state index is -0.225. The second kappa shape index (κ2) is 5.92. The molecular weight excluding hydrogens is 258 g/mol. The van der Waals surface area contributed by atoms with Crippen molar-refractivity contribution in [2.45, 2.75) is 50.4 Å². The third kappa shape index (κ3) is 3.19. The molecule has 3 nitrogen and oxygen atoms in total. The smallest absolute Gasteiger partial charge is 0.168 e. The Kier molecular flexibility index (Phi) is 4.22. The molecule has 1 aromatic heterocycles. The average molecular weight is 281 g/mol. The number of nitrogens with one attached hydrogen (secondary N) is 1. The van der Waals surface area contributed by atoms with E-state index in [9.17, 15) is 0 Å². The lowest BCUT2D eigenvalue weighted by Crippen LogP contribution is -2.42. The van der Waals surface area contributed by atoms with Crippen LogP contribution in [0.25, 0.3) is 0 Å². The Hall–Kier alpha value is -0.420. The molecule has 1 N–H and O–H groups in total. The van der Waals surface area contributed by atoms with Gasteiger partial charge in [0.25, 0.3) is 0 Å². The number of thiophene rings is 1. The summed E-state index contributed by atoms with van der Waals surface area (Å²) >= 11 is 1.85. The van der Waals surface area contributed by atoms with Gasteiger partial charge >= 0.3 is 0 Å². The standard InChI is InChI=1S/C15H23NO2S/c1-12(14-3-2-10-19-14)11-16-13-4-6-15(7-5-13)17-8-9-18-15/h2-3,10,12-13,16H,4-9,11H2,1H3/t12-/m0/s1. The second-order valence-electron chi connectivity index (χ2n) is 5.71. The Labute approximate surface area is 119 Å². The molecule has 1 saturated carbocycles. The van der Waals surface area contributed by atoms with Crippen molar-refractivity contribution >= 4 is 11.3 Å². The summed E-state index contributed by atoms with van der Waals surface area (Å²) in [4.78, 5) is 1.47. The molecule has 0 aromatic carbocycles. The van der Waals surface area contributed by atoms with E-state index >= 15 is 0 Å². The summed E-state index contributed by atoms with van der Waals surface area (Å²) in [6.07, 6.45) is 4.41. The molecule has 1 saturated heterocycles. The van der Waals surface area contributed by atoms with Crippen LogP contribution < -0.4 is 5.32 Å². The maximum atomic E-state index is 5.77. The van der Waals surface area contributed by atoms with E-state index in [-0.39, 0.29) is 5.79 Å². The Morgan fingerprint density at radius 3 is 2.74 bits per heavy atom. The molecule has 2 heterocycles. The van der Waals surface area contributed by atoms with Gasteiger partial charge in [-0.3, -0.25) is 0 Å². The molecule has 106 valence electrons. The van der Waals surface area contributed by atoms with Crippen molar-refractivity contribution in [3.63, 3.8) is 0 Å². The average Bonchev–Trinajstić information content (AvgIpc) is 3.09. The van der Waals surface area contributed by atoms with E-state index in [1.165, 1.54) is 4.88 Å². The first kappa shape index (κ1) is 13.6. The summed E-state index contributed by atoms with van der Waals surface area (Å²) in [7, 11) is 0. The van der Waals surface area contributed by atoms with Crippen LogP contribution in [-0.2, 0) is 9.47 Å². The van der Waals surface area contributed by atoms with Crippen LogP contribution in [0.2, 0.25) is 0 Å². The van der Waals surface area contributed by atoms with Gasteiger partial charge < -0.3 is 14.8 Å². The van der Waals surface area contributed by atoms with Crippen LogP contribution in [0.5, 0.6) is 0 Å². The summed E-state index contributed by atoms with van der Waals surface area (Å²) in [5.74, 6) is 0.382. The van der Waals surface area contributed by atoms with Gasteiger partial charge in [0.05, 0.1) is 13.2 Å². The normalized spacial score (nSPS) is 24.9. The van der Waals surface area contributed by atoms with Crippen LogP contribution in [0.15, 0.2) is 17.5 Å². The molecule has 1 atom stereocenters. The van der Waals surface area contributed by atoms with Crippen molar-refractivity contribution in [2.75, 3.05) is 19.8 Å². The maximum Gasteiger partial charge on any atom is 0.168 e. The Balaban J connectivity index is 1.42. The van der Waals surface area contributed by atoms with Crippen LogP contribution in [0.1, 0.15) is 43.4 Å². The summed E-state index contributed by atoms with van der Waals surface area (Å²) in [6.45, 7) is 4.91. The zero-order valence-corrected chi connectivity index (χ0v) is 12.4. The minimum absolute atomic E-state index is 0.225. The predicted octanol–water partition coefficient (Wildman–Crippen LogP) is 3.13. The summed E-state index contributed by atoms with van der Waals surface area (Å²) in [5.41, 5.74) is 0. The summed E-state index contributed by atoms with van der Waals surface area (Å²) in [5, 5.41) is 5.87. The molecule has 2 fully saturated rings. The van der Waals surface area contributed by atoms with Gasteiger partial charge in [0, 0.05) is 36.2 Å². The third-order valence-electron chi connectivity index (χ3n) is 4.30. The van der Waals surface area contributed by atoms with E-state index in [0.29, 0.717) is 12.0 Å². The summed E-state index contributed by atoms with van der Waals surface area (Å²) < 4.78 is 11.5. The monoisotopic (exact) mass is 281 g/mol. The Bertz CT molecular complexity index is 377. The van der Waals surface area contributed by atoms with Crippen LogP contribution >= 0.6 is 11.3 Å². The molecule has 3 rings (SSSR count). The molecule has 0 bridgehead atoms. The van der Waals surface area contributed by atoms with E-state index in [4.69, 9.17) is 9.47 Å². The van der Waals surface area contributed by atoms with Crippen molar-refractivity contribution in [3.05, 3.63) is 22.4 Å². The quantitative estimate of drug-likeness (QED) is 0.920. The highest BCUT2D eigenvalue weighted by Gasteiger charge is 2.40. The topological polar surface area (TPSA) is 30.5 Å². The largest absolute Gasteiger partial charge is 0.348 e. The van der Waals surface area contributed by atoms with Gasteiger partial charge in [-0.25, -0.2) is 0 Å². The van der Waals surface area contributed by atoms with Crippen molar-refractivity contribution < 1.29 is 9.47 Å². The lowest BCUT2D eigenvalue weighted by atomic mass is 9.90. The van der Waals surface area contributed by atoms with E-state index in [1.807, 2.05) is 11.3 Å². The van der Waals surface area contributed by atoms with Gasteiger partial charge in [-0.05, 0) is 24.3 Å². The zero-order chi connectivity index (χ0) is 13.1. The molecule has 1 spiro atoms. The molecule has 1 aliphatic heterocycles. The fourth-order valence-electron chi connectivity index (χ4n) is 3.06. The third-order valence-corrected chi connectivity index (χ3v) is 5.41. The van der Waals surface area contributed by atoms with Crippen LogP contribution in [0.4, 0.5) is 0 Å². The van der Waals surface area contributed by atoms with Gasteiger partial charge in [0.2, 0.25) is 0 Å². The number of hydrogen-bond donors (Lipinski definition) is 1. The number of hydrogen-bond acceptors (Lipinski definition) is 4. The van der Waals surface area contributed by atoms with Crippen molar-refractivity contribution in [1.82, 2.24) is 5.32 Å². The van der Waals surface area contributed by atoms with Crippen molar-refractivity contribution in [1.29, 1.82) is 0 Å². The van der Waals surface area contributed by atoms with E-state index in [1.54, 1.807) is 0 Å². The molecular formula is C15H23NO2S. The van der Waals surface area contributed by atoms with Gasteiger partial charge in [0.1, 0.15) is 0 Å². The van der Waals surface area contributed by atoms with Gasteiger partial charge in [0.15, 0.2) is 5.79 Å². The fraction of sp³-hybridized carbons (Fsp3) is 0.733.